The van der Waals surface area contributed by atoms with Crippen LogP contribution in [0.1, 0.15) is 19.3 Å². The molecule has 0 unspecified atom stereocenters. The van der Waals surface area contributed by atoms with E-state index in [9.17, 15) is 25.2 Å². The molecule has 0 bridgehead atoms. The van der Waals surface area contributed by atoms with E-state index in [0.717, 1.165) is 0 Å². The highest BCUT2D eigenvalue weighted by molar-refractivity contribution is 5.66. The second-order valence-corrected chi connectivity index (χ2v) is 4.64. The number of hydrogen-bond donors (Lipinski definition) is 5. The summed E-state index contributed by atoms with van der Waals surface area (Å²) in [6.45, 7) is 0.319. The van der Waals surface area contributed by atoms with Crippen LogP contribution in [0.4, 0.5) is 0 Å². The van der Waals surface area contributed by atoms with Crippen LogP contribution in [0, 0.1) is 0 Å². The number of likely N-dealkylation sites (tertiary alicyclic amines) is 1. The van der Waals surface area contributed by atoms with Gasteiger partial charge in [0.2, 0.25) is 0 Å². The van der Waals surface area contributed by atoms with E-state index in [1.54, 1.807) is 4.90 Å². The molecule has 0 spiro atoms. The predicted octanol–water partition coefficient (Wildman–Crippen LogP) is -2.00. The van der Waals surface area contributed by atoms with Crippen LogP contribution in [-0.2, 0) is 4.79 Å². The average molecular weight is 263 g/mol. The summed E-state index contributed by atoms with van der Waals surface area (Å²) in [6.07, 6.45) is -2.33. The zero-order chi connectivity index (χ0) is 13.7. The molecule has 7 heteroatoms. The van der Waals surface area contributed by atoms with E-state index in [0.29, 0.717) is 19.4 Å². The Kier molecular flexibility index (Phi) is 5.97. The molecule has 18 heavy (non-hydrogen) atoms. The van der Waals surface area contributed by atoms with E-state index in [2.05, 4.69) is 0 Å². The Bertz CT molecular complexity index is 274. The van der Waals surface area contributed by atoms with Crippen molar-refractivity contribution in [1.82, 2.24) is 4.90 Å². The third-order valence-electron chi connectivity index (χ3n) is 3.30. The maximum absolute atomic E-state index is 10.4. The van der Waals surface area contributed by atoms with E-state index in [1.807, 2.05) is 0 Å². The van der Waals surface area contributed by atoms with Crippen LogP contribution in [-0.4, -0.2) is 80.5 Å². The molecule has 0 aromatic carbocycles. The van der Waals surface area contributed by atoms with E-state index >= 15 is 0 Å². The highest BCUT2D eigenvalue weighted by Gasteiger charge is 2.40. The molecule has 106 valence electrons. The normalized spacial score (nSPS) is 33.6. The van der Waals surface area contributed by atoms with Crippen molar-refractivity contribution < 1.29 is 30.3 Å². The van der Waals surface area contributed by atoms with Crippen LogP contribution in [0.25, 0.3) is 0 Å². The van der Waals surface area contributed by atoms with Crippen LogP contribution in [0.5, 0.6) is 0 Å². The van der Waals surface area contributed by atoms with Gasteiger partial charge in [-0.2, -0.15) is 0 Å². The number of piperidine rings is 1. The summed E-state index contributed by atoms with van der Waals surface area (Å²) in [5, 5.41) is 46.5. The number of unbranched alkanes of at least 4 members (excludes halogenated alkanes) is 1. The molecule has 0 amide bonds. The highest BCUT2D eigenvalue weighted by atomic mass is 16.4. The Morgan fingerprint density at radius 2 is 1.83 bits per heavy atom. The summed E-state index contributed by atoms with van der Waals surface area (Å²) in [7, 11) is 0. The monoisotopic (exact) mass is 263 g/mol. The zero-order valence-electron chi connectivity index (χ0n) is 10.1. The van der Waals surface area contributed by atoms with Crippen molar-refractivity contribution in [2.45, 2.75) is 43.6 Å². The molecule has 0 aromatic heterocycles. The third kappa shape index (κ3) is 3.89. The first kappa shape index (κ1) is 15.3. The summed E-state index contributed by atoms with van der Waals surface area (Å²) in [5.74, 6) is -0.858. The molecule has 0 radical (unpaired) electrons. The van der Waals surface area contributed by atoms with Gasteiger partial charge in [-0.3, -0.25) is 9.69 Å². The number of aliphatic hydroxyl groups excluding tert-OH is 4. The lowest BCUT2D eigenvalue weighted by Gasteiger charge is -2.43. The van der Waals surface area contributed by atoms with Gasteiger partial charge in [-0.15, -0.1) is 0 Å². The number of aliphatic hydroxyl groups is 4. The van der Waals surface area contributed by atoms with Crippen molar-refractivity contribution in [3.63, 3.8) is 0 Å². The van der Waals surface area contributed by atoms with E-state index in [-0.39, 0.29) is 19.6 Å². The number of aliphatic carboxylic acids is 1. The summed E-state index contributed by atoms with van der Waals surface area (Å²) >= 11 is 0. The van der Waals surface area contributed by atoms with Gasteiger partial charge in [0.25, 0.3) is 0 Å². The first-order valence-corrected chi connectivity index (χ1v) is 6.08. The summed E-state index contributed by atoms with van der Waals surface area (Å²) in [4.78, 5) is 12.0. The Hall–Kier alpha value is -0.730. The minimum absolute atomic E-state index is 0.0748. The lowest BCUT2D eigenvalue weighted by molar-refractivity contribution is -0.145. The summed E-state index contributed by atoms with van der Waals surface area (Å²) in [6, 6.07) is -0.617. The molecule has 7 nitrogen and oxygen atoms in total. The number of nitrogens with zero attached hydrogens (tertiary/aromatic N) is 1. The minimum Gasteiger partial charge on any atom is -0.481 e. The smallest absolute Gasteiger partial charge is 0.303 e. The predicted molar refractivity (Wildman–Crippen MR) is 62.0 cm³/mol. The van der Waals surface area contributed by atoms with Crippen LogP contribution in [0.3, 0.4) is 0 Å². The van der Waals surface area contributed by atoms with Gasteiger partial charge in [-0.1, -0.05) is 0 Å². The quantitative estimate of drug-likeness (QED) is 0.351. The number of rotatable bonds is 6. The molecule has 5 N–H and O–H groups in total. The van der Waals surface area contributed by atoms with Gasteiger partial charge < -0.3 is 25.5 Å². The van der Waals surface area contributed by atoms with Crippen molar-refractivity contribution in [2.24, 2.45) is 0 Å². The molecule has 0 aromatic rings. The molecule has 1 rings (SSSR count). The molecule has 1 fully saturated rings. The molecule has 1 heterocycles. The second-order valence-electron chi connectivity index (χ2n) is 4.64. The van der Waals surface area contributed by atoms with E-state index < -0.39 is 30.3 Å². The maximum atomic E-state index is 10.4. The van der Waals surface area contributed by atoms with E-state index in [1.165, 1.54) is 0 Å². The molecule has 0 saturated carbocycles. The first-order valence-electron chi connectivity index (χ1n) is 6.08. The zero-order valence-corrected chi connectivity index (χ0v) is 10.1. The standard InChI is InChI=1S/C11H21NO6/c13-6-7-10(17)11(18)8(14)5-12(7)4-2-1-3-9(15)16/h7-8,10-11,13-14,17-18H,1-6H2,(H,15,16)/t7-,8+,10-,11-/m1/s1. The third-order valence-corrected chi connectivity index (χ3v) is 3.30. The first-order chi connectivity index (χ1) is 8.47. The van der Waals surface area contributed by atoms with Crippen LogP contribution < -0.4 is 0 Å². The van der Waals surface area contributed by atoms with Crippen LogP contribution in [0.15, 0.2) is 0 Å². The molecule has 1 aliphatic rings. The van der Waals surface area contributed by atoms with Gasteiger partial charge in [-0.05, 0) is 19.4 Å². The SMILES string of the molecule is O=C(O)CCCCN1C[C@H](O)[C@@H](O)[C@H](O)[C@H]1CO. The second kappa shape index (κ2) is 7.01. The summed E-state index contributed by atoms with van der Waals surface area (Å²) < 4.78 is 0. The van der Waals surface area contributed by atoms with Gasteiger partial charge in [0.05, 0.1) is 18.8 Å². The van der Waals surface area contributed by atoms with Crippen LogP contribution in [0.2, 0.25) is 0 Å². The number of carboxylic acid groups (broad SMARTS) is 1. The van der Waals surface area contributed by atoms with E-state index in [4.69, 9.17) is 5.11 Å². The van der Waals surface area contributed by atoms with Gasteiger partial charge in [0.15, 0.2) is 0 Å². The molecule has 1 aliphatic heterocycles. The molecule has 4 atom stereocenters. The number of carbonyl (C=O) groups is 1. The molecule has 0 aliphatic carbocycles. The van der Waals surface area contributed by atoms with Crippen molar-refractivity contribution in [1.29, 1.82) is 0 Å². The van der Waals surface area contributed by atoms with Gasteiger partial charge in [0, 0.05) is 13.0 Å². The van der Waals surface area contributed by atoms with Crippen molar-refractivity contribution >= 4 is 5.97 Å². The minimum atomic E-state index is -1.25. The fourth-order valence-electron chi connectivity index (χ4n) is 2.23. The summed E-state index contributed by atoms with van der Waals surface area (Å²) in [5.41, 5.74) is 0. The van der Waals surface area contributed by atoms with Crippen molar-refractivity contribution in [3.8, 4) is 0 Å². The topological polar surface area (TPSA) is 121 Å². The Labute approximate surface area is 105 Å². The number of β-amino-alcohol motifs (C(OH)–C–C–N with tert-alkyl or cyclic N) is 1. The highest BCUT2D eigenvalue weighted by Crippen LogP contribution is 2.19. The number of carboxylic acids is 1. The maximum Gasteiger partial charge on any atom is 0.303 e. The molecular formula is C11H21NO6. The molecular weight excluding hydrogens is 242 g/mol. The van der Waals surface area contributed by atoms with Crippen molar-refractivity contribution in [2.75, 3.05) is 19.7 Å². The lowest BCUT2D eigenvalue weighted by Crippen LogP contribution is -2.62. The largest absolute Gasteiger partial charge is 0.481 e. The number of hydrogen-bond acceptors (Lipinski definition) is 6. The average Bonchev–Trinajstić information content (AvgIpc) is 2.32. The van der Waals surface area contributed by atoms with Gasteiger partial charge >= 0.3 is 5.97 Å². The van der Waals surface area contributed by atoms with Gasteiger partial charge in [-0.25, -0.2) is 0 Å². The molecule has 1 saturated heterocycles. The van der Waals surface area contributed by atoms with Gasteiger partial charge in [0.1, 0.15) is 12.2 Å². The fourth-order valence-corrected chi connectivity index (χ4v) is 2.23. The Morgan fingerprint density at radius 1 is 1.17 bits per heavy atom. The fraction of sp³-hybridized carbons (Fsp3) is 0.909. The van der Waals surface area contributed by atoms with Crippen molar-refractivity contribution in [3.05, 3.63) is 0 Å². The Morgan fingerprint density at radius 3 is 2.39 bits per heavy atom. The Balaban J connectivity index is 2.44. The lowest BCUT2D eigenvalue weighted by atomic mass is 9.94. The van der Waals surface area contributed by atoms with Crippen LogP contribution >= 0.6 is 0 Å².